The van der Waals surface area contributed by atoms with Gasteiger partial charge in [-0.25, -0.2) is 9.59 Å². The first-order valence-electron chi connectivity index (χ1n) is 10.2. The van der Waals surface area contributed by atoms with Gasteiger partial charge in [-0.2, -0.15) is 4.90 Å². The molecule has 0 atom stereocenters. The Morgan fingerprint density at radius 1 is 0.906 bits per heavy atom. The number of rotatable bonds is 6. The molecule has 32 heavy (non-hydrogen) atoms. The molecule has 174 valence electrons. The lowest BCUT2D eigenvalue weighted by Gasteiger charge is -2.28. The number of fused-ring (bicyclic) bond motifs is 1. The van der Waals surface area contributed by atoms with Gasteiger partial charge in [0.15, 0.2) is 13.1 Å². The summed E-state index contributed by atoms with van der Waals surface area (Å²) in [7, 11) is 0. The summed E-state index contributed by atoms with van der Waals surface area (Å²) in [6.45, 7) is 11.3. The Hall–Kier alpha value is -3.13. The average molecular weight is 446 g/mol. The molecule has 0 aliphatic carbocycles. The first-order valence-corrected chi connectivity index (χ1v) is 10.2. The summed E-state index contributed by atoms with van der Waals surface area (Å²) in [5.41, 5.74) is -0.184. The molecule has 0 unspecified atom stereocenters. The number of hydrogen-bond donors (Lipinski definition) is 0. The van der Waals surface area contributed by atoms with Gasteiger partial charge in [-0.05, 0) is 71.4 Å². The maximum absolute atomic E-state index is 12.5. The second-order valence-corrected chi connectivity index (χ2v) is 9.34. The quantitative estimate of drug-likeness (QED) is 0.332. The van der Waals surface area contributed by atoms with E-state index in [1.807, 2.05) is 25.1 Å². The fraction of sp³-hybridized carbons (Fsp3) is 0.458. The third kappa shape index (κ3) is 7.53. The summed E-state index contributed by atoms with van der Waals surface area (Å²) in [5.74, 6) is 0.333. The van der Waals surface area contributed by atoms with Crippen LogP contribution in [-0.2, 0) is 14.2 Å². The van der Waals surface area contributed by atoms with Crippen molar-refractivity contribution in [3.05, 3.63) is 41.5 Å². The van der Waals surface area contributed by atoms with Crippen LogP contribution in [0.25, 0.3) is 10.8 Å². The average Bonchev–Trinajstić information content (AvgIpc) is 2.64. The molecule has 0 radical (unpaired) electrons. The lowest BCUT2D eigenvalue weighted by molar-refractivity contribution is -0.0569. The number of carbonyl (C=O) groups is 3. The van der Waals surface area contributed by atoms with Crippen molar-refractivity contribution in [2.24, 2.45) is 0 Å². The van der Waals surface area contributed by atoms with Crippen LogP contribution < -0.4 is 4.74 Å². The molecule has 0 aromatic heterocycles. The molecule has 0 saturated carbocycles. The number of ether oxygens (including phenoxy) is 4. The molecule has 8 heteroatoms. The van der Waals surface area contributed by atoms with Crippen LogP contribution >= 0.6 is 0 Å². The predicted molar refractivity (Wildman–Crippen MR) is 120 cm³/mol. The summed E-state index contributed by atoms with van der Waals surface area (Å²) in [4.78, 5) is 37.1. The molecule has 0 heterocycles. The van der Waals surface area contributed by atoms with Crippen LogP contribution in [0, 0.1) is 6.92 Å². The maximum atomic E-state index is 12.5. The lowest BCUT2D eigenvalue weighted by atomic mass is 10.0. The number of carbonyl (C=O) groups excluding carboxylic acids is 3. The van der Waals surface area contributed by atoms with Gasteiger partial charge in [0.2, 0.25) is 0 Å². The minimum Gasteiger partial charge on any atom is -0.467 e. The minimum absolute atomic E-state index is 0.305. The number of benzene rings is 2. The van der Waals surface area contributed by atoms with Gasteiger partial charge in [-0.3, -0.25) is 4.79 Å². The molecule has 0 aliphatic rings. The molecule has 2 rings (SSSR count). The second kappa shape index (κ2) is 9.99. The molecule has 2 aromatic rings. The monoisotopic (exact) mass is 445 g/mol. The van der Waals surface area contributed by atoms with Gasteiger partial charge in [-0.1, -0.05) is 23.8 Å². The van der Waals surface area contributed by atoms with Gasteiger partial charge in [-0.15, -0.1) is 0 Å². The molecule has 2 amide bonds. The SMILES string of the molecule is Cc1ccc2cc(C=O)c(OCOCN(C(=O)OC(C)(C)C)C(=O)OC(C)(C)C)cc2c1. The number of hydrogen-bond acceptors (Lipinski definition) is 7. The number of imide groups is 1. The smallest absolute Gasteiger partial charge is 0.421 e. The van der Waals surface area contributed by atoms with Gasteiger partial charge in [0.1, 0.15) is 23.7 Å². The number of aryl methyl sites for hydroxylation is 1. The summed E-state index contributed by atoms with van der Waals surface area (Å²) < 4.78 is 21.5. The van der Waals surface area contributed by atoms with Crippen LogP contribution in [0.4, 0.5) is 9.59 Å². The topological polar surface area (TPSA) is 91.4 Å². The van der Waals surface area contributed by atoms with Crippen molar-refractivity contribution in [1.29, 1.82) is 0 Å². The second-order valence-electron chi connectivity index (χ2n) is 9.34. The summed E-state index contributed by atoms with van der Waals surface area (Å²) in [6.07, 6.45) is -1.11. The van der Waals surface area contributed by atoms with Crippen LogP contribution in [-0.4, -0.2) is 48.1 Å². The zero-order valence-electron chi connectivity index (χ0n) is 19.7. The van der Waals surface area contributed by atoms with E-state index in [4.69, 9.17) is 18.9 Å². The Morgan fingerprint density at radius 2 is 1.50 bits per heavy atom. The Bertz CT molecular complexity index is 958. The van der Waals surface area contributed by atoms with Crippen molar-refractivity contribution < 1.29 is 33.3 Å². The van der Waals surface area contributed by atoms with E-state index in [1.165, 1.54) is 0 Å². The Morgan fingerprint density at radius 3 is 2.03 bits per heavy atom. The molecule has 0 spiro atoms. The molecule has 0 fully saturated rings. The largest absolute Gasteiger partial charge is 0.467 e. The van der Waals surface area contributed by atoms with Crippen LogP contribution in [0.5, 0.6) is 5.75 Å². The van der Waals surface area contributed by atoms with Gasteiger partial charge < -0.3 is 18.9 Å². The van der Waals surface area contributed by atoms with E-state index in [0.29, 0.717) is 22.5 Å². The molecule has 0 saturated heterocycles. The molecule has 0 aliphatic heterocycles. The highest BCUT2D eigenvalue weighted by molar-refractivity contribution is 5.92. The van der Waals surface area contributed by atoms with Gasteiger partial charge in [0, 0.05) is 0 Å². The molecular formula is C24H31NO7. The van der Waals surface area contributed by atoms with Crippen LogP contribution in [0.3, 0.4) is 0 Å². The van der Waals surface area contributed by atoms with E-state index in [0.717, 1.165) is 16.3 Å². The van der Waals surface area contributed by atoms with Crippen molar-refractivity contribution in [3.8, 4) is 5.75 Å². The molecule has 0 N–H and O–H groups in total. The van der Waals surface area contributed by atoms with E-state index < -0.39 is 30.1 Å². The lowest BCUT2D eigenvalue weighted by Crippen LogP contribution is -2.44. The highest BCUT2D eigenvalue weighted by Crippen LogP contribution is 2.26. The van der Waals surface area contributed by atoms with Gasteiger partial charge >= 0.3 is 12.2 Å². The normalized spacial score (nSPS) is 11.7. The summed E-state index contributed by atoms with van der Waals surface area (Å²) >= 11 is 0. The number of aldehydes is 1. The third-order valence-electron chi connectivity index (χ3n) is 4.00. The number of nitrogens with zero attached hydrogens (tertiary/aromatic N) is 1. The van der Waals surface area contributed by atoms with Crippen molar-refractivity contribution in [2.75, 3.05) is 13.5 Å². The molecular weight excluding hydrogens is 414 g/mol. The Kier molecular flexibility index (Phi) is 7.85. The van der Waals surface area contributed by atoms with E-state index >= 15 is 0 Å². The zero-order valence-corrected chi connectivity index (χ0v) is 19.7. The molecule has 0 bridgehead atoms. The molecule has 2 aromatic carbocycles. The maximum Gasteiger partial charge on any atom is 0.421 e. The van der Waals surface area contributed by atoms with Crippen LogP contribution in [0.2, 0.25) is 0 Å². The zero-order chi connectivity index (χ0) is 24.1. The first-order chi connectivity index (χ1) is 14.8. The standard InChI is InChI=1S/C24H31NO7/c1-16-8-9-17-11-19(13-26)20(12-18(17)10-16)30-15-29-14-25(21(27)31-23(2,3)4)22(28)32-24(5,6)7/h8-13H,14-15H2,1-7H3. The van der Waals surface area contributed by atoms with E-state index in [2.05, 4.69) is 0 Å². The summed E-state index contributed by atoms with van der Waals surface area (Å²) in [5, 5.41) is 1.82. The van der Waals surface area contributed by atoms with Gasteiger partial charge in [0.05, 0.1) is 5.56 Å². The van der Waals surface area contributed by atoms with Crippen LogP contribution in [0.15, 0.2) is 30.3 Å². The highest BCUT2D eigenvalue weighted by Gasteiger charge is 2.31. The van der Waals surface area contributed by atoms with Crippen molar-refractivity contribution >= 4 is 29.2 Å². The van der Waals surface area contributed by atoms with E-state index in [1.54, 1.807) is 53.7 Å². The van der Waals surface area contributed by atoms with Crippen molar-refractivity contribution in [3.63, 3.8) is 0 Å². The molecule has 8 nitrogen and oxygen atoms in total. The third-order valence-corrected chi connectivity index (χ3v) is 4.00. The minimum atomic E-state index is -0.901. The Balaban J connectivity index is 2.09. The first kappa shape index (κ1) is 25.1. The highest BCUT2D eigenvalue weighted by atomic mass is 16.7. The summed E-state index contributed by atoms with van der Waals surface area (Å²) in [6, 6.07) is 9.34. The van der Waals surface area contributed by atoms with E-state index in [9.17, 15) is 14.4 Å². The number of amides is 2. The van der Waals surface area contributed by atoms with Crippen molar-refractivity contribution in [2.45, 2.75) is 59.7 Å². The van der Waals surface area contributed by atoms with Crippen LogP contribution in [0.1, 0.15) is 57.5 Å². The fourth-order valence-electron chi connectivity index (χ4n) is 2.68. The van der Waals surface area contributed by atoms with Gasteiger partial charge in [0.25, 0.3) is 0 Å². The van der Waals surface area contributed by atoms with Crippen molar-refractivity contribution in [1.82, 2.24) is 4.90 Å². The fourth-order valence-corrected chi connectivity index (χ4v) is 2.68. The Labute approximate surface area is 188 Å². The predicted octanol–water partition coefficient (Wildman–Crippen LogP) is 5.44. The van der Waals surface area contributed by atoms with E-state index in [-0.39, 0.29) is 6.79 Å².